The Morgan fingerprint density at radius 3 is 2.90 bits per heavy atom. The van der Waals surface area contributed by atoms with Crippen LogP contribution in [0.25, 0.3) is 0 Å². The molecule has 1 saturated heterocycles. The van der Waals surface area contributed by atoms with Gasteiger partial charge in [0.15, 0.2) is 5.82 Å². The summed E-state index contributed by atoms with van der Waals surface area (Å²) >= 11 is 0. The van der Waals surface area contributed by atoms with Gasteiger partial charge in [0, 0.05) is 18.6 Å². The molecule has 0 spiro atoms. The minimum Gasteiger partial charge on any atom is -0.378 e. The summed E-state index contributed by atoms with van der Waals surface area (Å²) in [7, 11) is 0. The second-order valence-corrected chi connectivity index (χ2v) is 5.79. The van der Waals surface area contributed by atoms with Crippen molar-refractivity contribution in [2.45, 2.75) is 51.7 Å². The predicted octanol–water partition coefficient (Wildman–Crippen LogP) is 2.33. The van der Waals surface area contributed by atoms with Gasteiger partial charge in [0.25, 0.3) is 0 Å². The molecular weight excluding hydrogens is 252 g/mol. The third-order valence-electron chi connectivity index (χ3n) is 4.67. The fourth-order valence-electron chi connectivity index (χ4n) is 3.38. The van der Waals surface area contributed by atoms with Crippen molar-refractivity contribution in [2.75, 3.05) is 11.9 Å². The van der Waals surface area contributed by atoms with Gasteiger partial charge in [-0.25, -0.2) is 0 Å². The molecule has 1 aromatic heterocycles. The van der Waals surface area contributed by atoms with Crippen LogP contribution in [0, 0.1) is 31.1 Å². The van der Waals surface area contributed by atoms with Crippen LogP contribution in [0.15, 0.2) is 0 Å². The van der Waals surface area contributed by atoms with Gasteiger partial charge in [0.05, 0.1) is 11.8 Å². The minimum absolute atomic E-state index is 0.347. The number of aryl methyl sites for hydroxylation is 1. The van der Waals surface area contributed by atoms with Crippen LogP contribution in [-0.2, 0) is 4.74 Å². The lowest BCUT2D eigenvalue weighted by molar-refractivity contribution is 0.0619. The maximum Gasteiger partial charge on any atom is 0.167 e. The summed E-state index contributed by atoms with van der Waals surface area (Å²) < 4.78 is 5.78. The number of nitriles is 1. The molecule has 1 saturated carbocycles. The highest BCUT2D eigenvalue weighted by Crippen LogP contribution is 2.36. The SMILES string of the molecule is Cc1nnc(N[C@@H]2CCC[C@@H]3OCC[C@@H]32)c(C#N)c1C. The Morgan fingerprint density at radius 1 is 1.25 bits per heavy atom. The molecule has 2 aliphatic rings. The van der Waals surface area contributed by atoms with Crippen molar-refractivity contribution in [3.8, 4) is 6.07 Å². The standard InChI is InChI=1S/C15H20N4O/c1-9-10(2)18-19-15(12(9)8-16)17-13-4-3-5-14-11(13)6-7-20-14/h11,13-14H,3-7H2,1-2H3,(H,17,19)/t11-,13-,14+/m1/s1. The molecule has 20 heavy (non-hydrogen) atoms. The Kier molecular flexibility index (Phi) is 3.58. The Balaban J connectivity index is 1.84. The first kappa shape index (κ1) is 13.3. The summed E-state index contributed by atoms with van der Waals surface area (Å²) in [6.07, 6.45) is 4.92. The Labute approximate surface area is 119 Å². The van der Waals surface area contributed by atoms with Gasteiger partial charge >= 0.3 is 0 Å². The lowest BCUT2D eigenvalue weighted by Crippen LogP contribution is -2.38. The van der Waals surface area contributed by atoms with Crippen molar-refractivity contribution in [2.24, 2.45) is 5.92 Å². The second-order valence-electron chi connectivity index (χ2n) is 5.79. The Hall–Kier alpha value is -1.67. The molecule has 106 valence electrons. The minimum atomic E-state index is 0.347. The topological polar surface area (TPSA) is 70.8 Å². The van der Waals surface area contributed by atoms with Crippen LogP contribution in [0.4, 0.5) is 5.82 Å². The number of aromatic nitrogens is 2. The average Bonchev–Trinajstić information content (AvgIpc) is 2.93. The van der Waals surface area contributed by atoms with Crippen LogP contribution in [0.2, 0.25) is 0 Å². The molecule has 0 radical (unpaired) electrons. The molecule has 0 unspecified atom stereocenters. The lowest BCUT2D eigenvalue weighted by atomic mass is 9.82. The van der Waals surface area contributed by atoms with Crippen LogP contribution < -0.4 is 5.32 Å². The molecule has 3 atom stereocenters. The van der Waals surface area contributed by atoms with E-state index in [0.29, 0.717) is 29.4 Å². The van der Waals surface area contributed by atoms with Gasteiger partial charge in [0.1, 0.15) is 11.6 Å². The number of rotatable bonds is 2. The summed E-state index contributed by atoms with van der Waals surface area (Å²) in [5.41, 5.74) is 2.36. The van der Waals surface area contributed by atoms with E-state index in [0.717, 1.165) is 37.1 Å². The van der Waals surface area contributed by atoms with E-state index >= 15 is 0 Å². The van der Waals surface area contributed by atoms with Crippen LogP contribution in [0.5, 0.6) is 0 Å². The molecule has 1 aliphatic carbocycles. The van der Waals surface area contributed by atoms with Gasteiger partial charge in [-0.15, -0.1) is 5.10 Å². The third-order valence-corrected chi connectivity index (χ3v) is 4.67. The quantitative estimate of drug-likeness (QED) is 0.894. The van der Waals surface area contributed by atoms with Crippen molar-refractivity contribution in [3.63, 3.8) is 0 Å². The van der Waals surface area contributed by atoms with Crippen molar-refractivity contribution in [1.82, 2.24) is 10.2 Å². The smallest absolute Gasteiger partial charge is 0.167 e. The second kappa shape index (κ2) is 5.37. The normalized spacial score (nSPS) is 28.8. The highest BCUT2D eigenvalue weighted by molar-refractivity contribution is 5.56. The first-order valence-electron chi connectivity index (χ1n) is 7.33. The van der Waals surface area contributed by atoms with Crippen molar-refractivity contribution >= 4 is 5.82 Å². The number of nitrogens with one attached hydrogen (secondary N) is 1. The van der Waals surface area contributed by atoms with Gasteiger partial charge in [-0.05, 0) is 45.1 Å². The Bertz CT molecular complexity index is 552. The number of ether oxygens (including phenoxy) is 1. The summed E-state index contributed by atoms with van der Waals surface area (Å²) in [5, 5.41) is 21.2. The van der Waals surface area contributed by atoms with Gasteiger partial charge in [-0.1, -0.05) is 0 Å². The van der Waals surface area contributed by atoms with E-state index in [4.69, 9.17) is 4.74 Å². The van der Waals surface area contributed by atoms with Gasteiger partial charge in [0.2, 0.25) is 0 Å². The van der Waals surface area contributed by atoms with Crippen molar-refractivity contribution in [3.05, 3.63) is 16.8 Å². The molecule has 5 heteroatoms. The molecule has 3 rings (SSSR count). The summed E-state index contributed by atoms with van der Waals surface area (Å²) in [6.45, 7) is 4.67. The summed E-state index contributed by atoms with van der Waals surface area (Å²) in [5.74, 6) is 1.17. The number of anilines is 1. The molecule has 5 nitrogen and oxygen atoms in total. The van der Waals surface area contributed by atoms with Crippen LogP contribution >= 0.6 is 0 Å². The zero-order chi connectivity index (χ0) is 14.1. The third kappa shape index (κ3) is 2.25. The predicted molar refractivity (Wildman–Crippen MR) is 75.3 cm³/mol. The highest BCUT2D eigenvalue weighted by atomic mass is 16.5. The van der Waals surface area contributed by atoms with Crippen molar-refractivity contribution < 1.29 is 4.74 Å². The van der Waals surface area contributed by atoms with E-state index < -0.39 is 0 Å². The number of nitrogens with zero attached hydrogens (tertiary/aromatic N) is 3. The molecule has 0 aromatic carbocycles. The lowest BCUT2D eigenvalue weighted by Gasteiger charge is -2.33. The molecule has 2 fully saturated rings. The molecule has 2 heterocycles. The number of hydrogen-bond acceptors (Lipinski definition) is 5. The molecule has 1 aliphatic heterocycles. The van der Waals surface area contributed by atoms with Crippen LogP contribution in [0.1, 0.15) is 42.5 Å². The van der Waals surface area contributed by atoms with Crippen molar-refractivity contribution in [1.29, 1.82) is 5.26 Å². The van der Waals surface area contributed by atoms with E-state index in [1.54, 1.807) is 0 Å². The van der Waals surface area contributed by atoms with E-state index in [1.807, 2.05) is 13.8 Å². The van der Waals surface area contributed by atoms with Gasteiger partial charge in [-0.3, -0.25) is 0 Å². The molecule has 1 N–H and O–H groups in total. The average molecular weight is 272 g/mol. The van der Waals surface area contributed by atoms with Crippen LogP contribution in [-0.4, -0.2) is 29.0 Å². The van der Waals surface area contributed by atoms with Gasteiger partial charge < -0.3 is 10.1 Å². The molecule has 0 bridgehead atoms. The van der Waals surface area contributed by atoms with E-state index in [2.05, 4.69) is 21.6 Å². The largest absolute Gasteiger partial charge is 0.378 e. The first-order valence-corrected chi connectivity index (χ1v) is 7.33. The number of hydrogen-bond donors (Lipinski definition) is 1. The summed E-state index contributed by atoms with van der Waals surface area (Å²) in [4.78, 5) is 0. The zero-order valence-electron chi connectivity index (χ0n) is 12.0. The maximum absolute atomic E-state index is 9.36. The van der Waals surface area contributed by atoms with Gasteiger partial charge in [-0.2, -0.15) is 10.4 Å². The van der Waals surface area contributed by atoms with E-state index in [9.17, 15) is 5.26 Å². The fraction of sp³-hybridized carbons (Fsp3) is 0.667. The highest BCUT2D eigenvalue weighted by Gasteiger charge is 2.38. The monoisotopic (exact) mass is 272 g/mol. The summed E-state index contributed by atoms with van der Waals surface area (Å²) in [6, 6.07) is 2.60. The Morgan fingerprint density at radius 2 is 2.10 bits per heavy atom. The zero-order valence-corrected chi connectivity index (χ0v) is 12.0. The molecular formula is C15H20N4O. The van der Waals surface area contributed by atoms with E-state index in [-0.39, 0.29) is 0 Å². The molecule has 0 amide bonds. The van der Waals surface area contributed by atoms with Crippen LogP contribution in [0.3, 0.4) is 0 Å². The first-order chi connectivity index (χ1) is 9.70. The molecule has 1 aromatic rings. The number of fused-ring (bicyclic) bond motifs is 1. The van der Waals surface area contributed by atoms with E-state index in [1.165, 1.54) is 6.42 Å². The maximum atomic E-state index is 9.36. The fourth-order valence-corrected chi connectivity index (χ4v) is 3.38.